The highest BCUT2D eigenvalue weighted by molar-refractivity contribution is 6.60. The lowest BCUT2D eigenvalue weighted by atomic mass is 10.2. The Labute approximate surface area is 142 Å². The van der Waals surface area contributed by atoms with E-state index in [-0.39, 0.29) is 13.0 Å². The van der Waals surface area contributed by atoms with Crippen LogP contribution in [0.3, 0.4) is 0 Å². The molecule has 0 aromatic rings. The van der Waals surface area contributed by atoms with Crippen LogP contribution in [0.25, 0.3) is 0 Å². The van der Waals surface area contributed by atoms with Crippen molar-refractivity contribution in [3.63, 3.8) is 0 Å². The van der Waals surface area contributed by atoms with Crippen LogP contribution in [0, 0.1) is 0 Å². The van der Waals surface area contributed by atoms with E-state index in [0.29, 0.717) is 13.2 Å². The highest BCUT2D eigenvalue weighted by Crippen LogP contribution is 2.00. The summed E-state index contributed by atoms with van der Waals surface area (Å²) in [5.74, 6) is 0.997. The Hall–Kier alpha value is -1.20. The predicted molar refractivity (Wildman–Crippen MR) is 93.4 cm³/mol. The number of carbonyl (C=O) groups is 2. The van der Waals surface area contributed by atoms with Gasteiger partial charge in [-0.25, -0.2) is 0 Å². The molecule has 23 heavy (non-hydrogen) atoms. The number of esters is 2. The van der Waals surface area contributed by atoms with Gasteiger partial charge in [-0.3, -0.25) is 9.59 Å². The first-order valence-corrected chi connectivity index (χ1v) is 11.7. The topological polar surface area (TPSA) is 83.1 Å². The van der Waals surface area contributed by atoms with Gasteiger partial charge in [-0.15, -0.1) is 0 Å². The van der Waals surface area contributed by atoms with E-state index in [2.05, 4.69) is 11.9 Å². The van der Waals surface area contributed by atoms with Crippen LogP contribution < -0.4 is 5.32 Å². The minimum Gasteiger partial charge on any atom is -0.556 e. The average Bonchev–Trinajstić information content (AvgIpc) is 2.53. The third-order valence-electron chi connectivity index (χ3n) is 2.88. The zero-order valence-electron chi connectivity index (χ0n) is 14.6. The molecule has 0 aliphatic carbocycles. The van der Waals surface area contributed by atoms with Crippen LogP contribution in [0.15, 0.2) is 0 Å². The van der Waals surface area contributed by atoms with Crippen molar-refractivity contribution in [1.29, 1.82) is 0 Å². The fourth-order valence-corrected chi connectivity index (χ4v) is 4.15. The maximum absolute atomic E-state index is 11.9. The normalized spacial score (nSPS) is 13.0. The van der Waals surface area contributed by atoms with Crippen LogP contribution in [0.1, 0.15) is 26.7 Å². The van der Waals surface area contributed by atoms with Crippen LogP contribution >= 0.6 is 0 Å². The van der Waals surface area contributed by atoms with Gasteiger partial charge in [0.05, 0.1) is 32.6 Å². The molecule has 7 nitrogen and oxygen atoms in total. The van der Waals surface area contributed by atoms with Crippen molar-refractivity contribution in [2.24, 2.45) is 0 Å². The van der Waals surface area contributed by atoms with Gasteiger partial charge in [0.15, 0.2) is 0 Å². The Morgan fingerprint density at radius 2 is 1.96 bits per heavy atom. The lowest BCUT2D eigenvalue weighted by Gasteiger charge is -2.16. The molecule has 1 unspecified atom stereocenters. The van der Waals surface area contributed by atoms with Crippen molar-refractivity contribution in [3.8, 4) is 0 Å². The highest BCUT2D eigenvalue weighted by Gasteiger charge is 2.23. The molecular weight excluding hydrogens is 334 g/mol. The molecule has 0 radical (unpaired) electrons. The highest BCUT2D eigenvalue weighted by atomic mass is 28.3. The Morgan fingerprint density at radius 1 is 1.26 bits per heavy atom. The lowest BCUT2D eigenvalue weighted by molar-refractivity contribution is -0.152. The molecule has 0 saturated carbocycles. The van der Waals surface area contributed by atoms with Gasteiger partial charge in [0.2, 0.25) is 9.76 Å². The minimum atomic E-state index is -1.07. The molecule has 0 aromatic heterocycles. The summed E-state index contributed by atoms with van der Waals surface area (Å²) < 4.78 is 20.7. The van der Waals surface area contributed by atoms with Crippen LogP contribution in [-0.4, -0.2) is 69.1 Å². The number of carbonyl (C=O) groups excluding carboxylic acids is 2. The summed E-state index contributed by atoms with van der Waals surface area (Å²) in [6, 6.07) is 0.202. The second-order valence-corrected chi connectivity index (χ2v) is 7.60. The van der Waals surface area contributed by atoms with E-state index in [1.807, 2.05) is 5.86 Å². The summed E-state index contributed by atoms with van der Waals surface area (Å²) in [4.78, 5) is 23.4. The molecule has 0 saturated heterocycles. The minimum absolute atomic E-state index is 0.0224. The van der Waals surface area contributed by atoms with E-state index < -0.39 is 36.4 Å². The molecule has 134 valence electrons. The number of rotatable bonds is 13. The molecule has 0 aliphatic heterocycles. The van der Waals surface area contributed by atoms with Crippen molar-refractivity contribution in [3.05, 3.63) is 0 Å². The monoisotopic (exact) mass is 363 g/mol. The largest absolute Gasteiger partial charge is 0.556 e. The van der Waals surface area contributed by atoms with Crippen LogP contribution in [0.5, 0.6) is 0 Å². The standard InChI is InChI=1S/C14H29NO6Si2/c1-5-19-13(16)10-12(14(17)20-6-2)15-8-7-9-23(18-3)11-21-22-4/h11-12,15H,5-10,22H2,1-4H3. The molecule has 0 aromatic carbocycles. The molecule has 9 heteroatoms. The lowest BCUT2D eigenvalue weighted by Crippen LogP contribution is -2.40. The van der Waals surface area contributed by atoms with Crippen molar-refractivity contribution < 1.29 is 27.9 Å². The van der Waals surface area contributed by atoms with E-state index in [1.165, 1.54) is 0 Å². The fourth-order valence-electron chi connectivity index (χ4n) is 1.79. The summed E-state index contributed by atoms with van der Waals surface area (Å²) in [7, 11) is 0.163. The number of ether oxygens (including phenoxy) is 2. The van der Waals surface area contributed by atoms with Gasteiger partial charge in [-0.05, 0) is 39.4 Å². The molecule has 0 heterocycles. The summed E-state index contributed by atoms with van der Waals surface area (Å²) in [6.07, 6.45) is 0.803. The quantitative estimate of drug-likeness (QED) is 0.280. The first-order valence-electron chi connectivity index (χ1n) is 7.99. The van der Waals surface area contributed by atoms with E-state index in [4.69, 9.17) is 18.3 Å². The van der Waals surface area contributed by atoms with E-state index in [1.54, 1.807) is 21.0 Å². The van der Waals surface area contributed by atoms with Crippen LogP contribution in [0.2, 0.25) is 12.6 Å². The van der Waals surface area contributed by atoms with Crippen molar-refractivity contribution in [2.75, 3.05) is 26.9 Å². The molecule has 0 amide bonds. The smallest absolute Gasteiger partial charge is 0.323 e. The Bertz CT molecular complexity index is 378. The average molecular weight is 364 g/mol. The molecule has 0 rings (SSSR count). The number of hydrogen-bond donors (Lipinski definition) is 1. The first-order chi connectivity index (χ1) is 11.1. The zero-order chi connectivity index (χ0) is 17.5. The Balaban J connectivity index is 4.32. The number of hydrogen-bond acceptors (Lipinski definition) is 7. The van der Waals surface area contributed by atoms with Crippen LogP contribution in [-0.2, 0) is 27.9 Å². The van der Waals surface area contributed by atoms with Crippen molar-refractivity contribution >= 4 is 36.2 Å². The summed E-state index contributed by atoms with van der Waals surface area (Å²) in [5.41, 5.74) is 0. The van der Waals surface area contributed by atoms with Gasteiger partial charge in [0, 0.05) is 0 Å². The molecule has 0 aliphatic rings. The second-order valence-electron chi connectivity index (χ2n) is 4.62. The second kappa shape index (κ2) is 14.4. The van der Waals surface area contributed by atoms with Gasteiger partial charge in [-0.2, -0.15) is 0 Å². The van der Waals surface area contributed by atoms with Gasteiger partial charge in [-0.1, -0.05) is 0 Å². The van der Waals surface area contributed by atoms with Crippen molar-refractivity contribution in [1.82, 2.24) is 5.32 Å². The summed E-state index contributed by atoms with van der Waals surface area (Å²) in [5, 5.41) is 3.07. The predicted octanol–water partition coefficient (Wildman–Crippen LogP) is -0.0212. The number of nitrogens with one attached hydrogen (secondary N) is 1. The third kappa shape index (κ3) is 11.0. The molecule has 1 N–H and O–H groups in total. The maximum Gasteiger partial charge on any atom is 0.323 e. The fraction of sp³-hybridized carbons (Fsp3) is 0.786. The van der Waals surface area contributed by atoms with E-state index in [0.717, 1.165) is 12.5 Å². The summed E-state index contributed by atoms with van der Waals surface area (Å²) >= 11 is 0. The molecule has 0 spiro atoms. The molecular formula is C14H29NO6Si2. The summed E-state index contributed by atoms with van der Waals surface area (Å²) in [6.45, 7) is 6.70. The van der Waals surface area contributed by atoms with Crippen LogP contribution in [0.4, 0.5) is 0 Å². The van der Waals surface area contributed by atoms with E-state index >= 15 is 0 Å². The Kier molecular flexibility index (Phi) is 13.7. The molecule has 0 fully saturated rings. The van der Waals surface area contributed by atoms with Gasteiger partial charge in [0.1, 0.15) is 6.04 Å². The SMILES string of the molecule is CCOC(=O)CC(NCCC[Si](=CO[SiH2]C)OC)C(=O)OCC. The molecule has 1 atom stereocenters. The van der Waals surface area contributed by atoms with Crippen molar-refractivity contribution in [2.45, 2.75) is 45.3 Å². The first kappa shape index (κ1) is 21.8. The van der Waals surface area contributed by atoms with E-state index in [9.17, 15) is 9.59 Å². The maximum atomic E-state index is 11.9. The third-order valence-corrected chi connectivity index (χ3v) is 5.52. The van der Waals surface area contributed by atoms with Gasteiger partial charge >= 0.3 is 11.9 Å². The van der Waals surface area contributed by atoms with Gasteiger partial charge in [0.25, 0.3) is 8.65 Å². The molecule has 0 bridgehead atoms. The zero-order valence-corrected chi connectivity index (χ0v) is 17.0. The van der Waals surface area contributed by atoms with Gasteiger partial charge < -0.3 is 23.6 Å². The Morgan fingerprint density at radius 3 is 2.52 bits per heavy atom.